The molecule has 0 spiro atoms. The number of carbonyl (C=O) groups excluding carboxylic acids is 1. The maximum absolute atomic E-state index is 11.9. The maximum atomic E-state index is 11.9. The Balaban J connectivity index is 1.11. The lowest BCUT2D eigenvalue weighted by Crippen LogP contribution is -2.24. The zero-order valence-corrected chi connectivity index (χ0v) is 21.8. The number of halogens is 1. The number of anilines is 2. The molecule has 1 aromatic carbocycles. The van der Waals surface area contributed by atoms with Gasteiger partial charge in [-0.25, -0.2) is 0 Å². The molecule has 0 fully saturated rings. The monoisotopic (exact) mass is 505 g/mol. The molecule has 2 aliphatic rings. The summed E-state index contributed by atoms with van der Waals surface area (Å²) in [5, 5.41) is 15.2. The minimum Gasteiger partial charge on any atom is -0.384 e. The van der Waals surface area contributed by atoms with Crippen molar-refractivity contribution in [2.45, 2.75) is 77.0 Å². The van der Waals surface area contributed by atoms with Gasteiger partial charge in [-0.15, -0.1) is 0 Å². The molecule has 1 amide bonds. The van der Waals surface area contributed by atoms with Crippen LogP contribution in [0.5, 0.6) is 0 Å². The molecule has 2 unspecified atom stereocenters. The van der Waals surface area contributed by atoms with Gasteiger partial charge in [0.2, 0.25) is 5.91 Å². The van der Waals surface area contributed by atoms with E-state index < -0.39 is 0 Å². The van der Waals surface area contributed by atoms with Gasteiger partial charge in [-0.05, 0) is 69.1 Å². The lowest BCUT2D eigenvalue weighted by Gasteiger charge is -2.36. The summed E-state index contributed by atoms with van der Waals surface area (Å²) in [6.07, 6.45) is 16.4. The second-order valence-corrected chi connectivity index (χ2v) is 10.9. The Hall–Kier alpha value is -2.86. The first kappa shape index (κ1) is 24.8. The predicted octanol–water partition coefficient (Wildman–Crippen LogP) is 7.39. The van der Waals surface area contributed by atoms with Crippen LogP contribution in [0.2, 0.25) is 5.02 Å². The summed E-state index contributed by atoms with van der Waals surface area (Å²) < 4.78 is 0. The topological polar surface area (TPSA) is 82.7 Å². The first-order chi connectivity index (χ1) is 17.6. The molecule has 0 aliphatic heterocycles. The molecular weight excluding hydrogens is 470 g/mol. The molecule has 3 aromatic rings. The maximum Gasteiger partial charge on any atom is 0.224 e. The van der Waals surface area contributed by atoms with Gasteiger partial charge in [0.1, 0.15) is 0 Å². The molecule has 2 aromatic heterocycles. The Morgan fingerprint density at radius 1 is 1.14 bits per heavy atom. The number of benzene rings is 1. The van der Waals surface area contributed by atoms with Crippen molar-refractivity contribution in [1.29, 1.82) is 0 Å². The van der Waals surface area contributed by atoms with Gasteiger partial charge < -0.3 is 10.6 Å². The van der Waals surface area contributed by atoms with E-state index in [4.69, 9.17) is 16.6 Å². The molecule has 0 radical (unpaired) electrons. The van der Waals surface area contributed by atoms with Crippen LogP contribution in [0.25, 0.3) is 10.9 Å². The molecular formula is C29H36ClN5O. The Morgan fingerprint density at radius 3 is 2.81 bits per heavy atom. The highest BCUT2D eigenvalue weighted by molar-refractivity contribution is 6.31. The Labute approximate surface area is 218 Å². The predicted molar refractivity (Wildman–Crippen MR) is 148 cm³/mol. The number of nitrogens with zero attached hydrogens (tertiary/aromatic N) is 2. The number of aromatic nitrogens is 3. The Bertz CT molecular complexity index is 1240. The van der Waals surface area contributed by atoms with Crippen LogP contribution in [0, 0.1) is 5.92 Å². The summed E-state index contributed by atoms with van der Waals surface area (Å²) in [6, 6.07) is 6.12. The van der Waals surface area contributed by atoms with Crippen LogP contribution in [-0.2, 0) is 11.2 Å². The molecule has 0 saturated heterocycles. The van der Waals surface area contributed by atoms with E-state index >= 15 is 0 Å². The smallest absolute Gasteiger partial charge is 0.224 e. The number of allylic oxidation sites excluding steroid dienone is 2. The first-order valence-corrected chi connectivity index (χ1v) is 13.8. The zero-order valence-electron chi connectivity index (χ0n) is 21.1. The van der Waals surface area contributed by atoms with E-state index in [0.717, 1.165) is 54.9 Å². The van der Waals surface area contributed by atoms with Gasteiger partial charge in [-0.3, -0.25) is 14.9 Å². The van der Waals surface area contributed by atoms with Crippen molar-refractivity contribution in [3.63, 3.8) is 0 Å². The van der Waals surface area contributed by atoms with Crippen LogP contribution in [-0.4, -0.2) is 27.6 Å². The highest BCUT2D eigenvalue weighted by atomic mass is 35.5. The van der Waals surface area contributed by atoms with Gasteiger partial charge in [0, 0.05) is 46.5 Å². The number of hydrogen-bond acceptors (Lipinski definition) is 4. The minimum atomic E-state index is 0.0600. The molecule has 2 aliphatic carbocycles. The van der Waals surface area contributed by atoms with E-state index in [1.54, 1.807) is 12.4 Å². The summed E-state index contributed by atoms with van der Waals surface area (Å²) in [6.45, 7) is 3.24. The number of rotatable bonds is 11. The molecule has 2 bridgehead atoms. The number of H-pyrrole nitrogens is 1. The second-order valence-electron chi connectivity index (χ2n) is 10.5. The lowest BCUT2D eigenvalue weighted by molar-refractivity contribution is -0.116. The van der Waals surface area contributed by atoms with Crippen molar-refractivity contribution in [2.24, 2.45) is 5.92 Å². The van der Waals surface area contributed by atoms with Gasteiger partial charge in [-0.1, -0.05) is 48.9 Å². The van der Waals surface area contributed by atoms with Crippen molar-refractivity contribution < 1.29 is 4.79 Å². The van der Waals surface area contributed by atoms with E-state index in [1.165, 1.54) is 53.6 Å². The SMILES string of the molecule is CC1=CC2Cc3nc4cc(Cl)ccc4c(NCCCCCCCCC(=O)Nc4cn[nH]c4)c3C(C1)C2. The van der Waals surface area contributed by atoms with Gasteiger partial charge in [0.15, 0.2) is 0 Å². The van der Waals surface area contributed by atoms with Crippen molar-refractivity contribution in [1.82, 2.24) is 15.2 Å². The van der Waals surface area contributed by atoms with Gasteiger partial charge in [0.25, 0.3) is 0 Å². The first-order valence-electron chi connectivity index (χ1n) is 13.4. The average molecular weight is 506 g/mol. The number of carbonyl (C=O) groups is 1. The molecule has 6 nitrogen and oxygen atoms in total. The highest BCUT2D eigenvalue weighted by Gasteiger charge is 2.33. The summed E-state index contributed by atoms with van der Waals surface area (Å²) in [5.74, 6) is 1.24. The average Bonchev–Trinajstić information content (AvgIpc) is 3.34. The quantitative estimate of drug-likeness (QED) is 0.187. The van der Waals surface area contributed by atoms with Crippen LogP contribution in [0.15, 0.2) is 42.2 Å². The van der Waals surface area contributed by atoms with Crippen LogP contribution in [0.1, 0.15) is 81.9 Å². The summed E-state index contributed by atoms with van der Waals surface area (Å²) >= 11 is 6.32. The van der Waals surface area contributed by atoms with E-state index in [-0.39, 0.29) is 5.91 Å². The molecule has 36 heavy (non-hydrogen) atoms. The third-order valence-corrected chi connectivity index (χ3v) is 7.75. The minimum absolute atomic E-state index is 0.0600. The number of amides is 1. The van der Waals surface area contributed by atoms with Gasteiger partial charge in [0.05, 0.1) is 17.4 Å². The van der Waals surface area contributed by atoms with Crippen LogP contribution >= 0.6 is 11.6 Å². The number of unbranched alkanes of at least 4 members (excludes halogenated alkanes) is 5. The van der Waals surface area contributed by atoms with E-state index in [2.05, 4.69) is 39.9 Å². The molecule has 0 saturated carbocycles. The number of hydrogen-bond donors (Lipinski definition) is 3. The highest BCUT2D eigenvalue weighted by Crippen LogP contribution is 2.47. The van der Waals surface area contributed by atoms with Gasteiger partial charge in [-0.2, -0.15) is 5.10 Å². The van der Waals surface area contributed by atoms with Crippen molar-refractivity contribution in [3.8, 4) is 0 Å². The largest absolute Gasteiger partial charge is 0.384 e. The molecule has 2 atom stereocenters. The van der Waals surface area contributed by atoms with Crippen LogP contribution in [0.4, 0.5) is 11.4 Å². The second kappa shape index (κ2) is 11.5. The normalized spacial score (nSPS) is 18.6. The third kappa shape index (κ3) is 5.92. The number of aromatic amines is 1. The third-order valence-electron chi connectivity index (χ3n) is 7.52. The van der Waals surface area contributed by atoms with Crippen molar-refractivity contribution in [2.75, 3.05) is 17.2 Å². The molecule has 5 rings (SSSR count). The molecule has 3 N–H and O–H groups in total. The van der Waals surface area contributed by atoms with Crippen molar-refractivity contribution >= 4 is 39.8 Å². The lowest BCUT2D eigenvalue weighted by atomic mass is 9.71. The molecule has 190 valence electrons. The standard InChI is InChI=1S/C29H36ClN5O/c1-19-12-20-14-21(13-19)28-26(15-20)35-25-16-22(30)9-10-24(25)29(28)31-11-7-5-3-2-4-6-8-27(36)34-23-17-32-33-18-23/h9-10,12,16-18,20-21H,2-8,11,13-15H2,1H3,(H,31,35)(H,32,33)(H,34,36). The number of fused-ring (bicyclic) bond motifs is 5. The number of pyridine rings is 1. The fourth-order valence-electron chi connectivity index (χ4n) is 5.95. The fraction of sp³-hybridized carbons (Fsp3) is 0.483. The van der Waals surface area contributed by atoms with Crippen LogP contribution < -0.4 is 10.6 Å². The van der Waals surface area contributed by atoms with Crippen LogP contribution in [0.3, 0.4) is 0 Å². The summed E-state index contributed by atoms with van der Waals surface area (Å²) in [7, 11) is 0. The number of nitrogens with one attached hydrogen (secondary N) is 3. The van der Waals surface area contributed by atoms with E-state index in [0.29, 0.717) is 18.3 Å². The molecule has 2 heterocycles. The Morgan fingerprint density at radius 2 is 1.97 bits per heavy atom. The Kier molecular flexibility index (Phi) is 7.90. The van der Waals surface area contributed by atoms with Gasteiger partial charge >= 0.3 is 0 Å². The molecule has 7 heteroatoms. The van der Waals surface area contributed by atoms with E-state index in [9.17, 15) is 4.79 Å². The summed E-state index contributed by atoms with van der Waals surface area (Å²) in [4.78, 5) is 17.0. The zero-order chi connectivity index (χ0) is 24.9. The van der Waals surface area contributed by atoms with E-state index in [1.807, 2.05) is 12.1 Å². The van der Waals surface area contributed by atoms with Crippen molar-refractivity contribution in [3.05, 3.63) is 58.5 Å². The fourth-order valence-corrected chi connectivity index (χ4v) is 6.12. The summed E-state index contributed by atoms with van der Waals surface area (Å²) in [5.41, 5.74) is 7.24.